The van der Waals surface area contributed by atoms with Gasteiger partial charge in [0.1, 0.15) is 0 Å². The minimum Gasteiger partial charge on any atom is -0.306 e. The molecular formula is C16H17ClN2O2. The van der Waals surface area contributed by atoms with Gasteiger partial charge in [0.15, 0.2) is 0 Å². The van der Waals surface area contributed by atoms with Gasteiger partial charge >= 0.3 is 0 Å². The first-order valence-corrected chi connectivity index (χ1v) is 7.08. The van der Waals surface area contributed by atoms with E-state index in [0.717, 1.165) is 5.56 Å². The first-order valence-electron chi connectivity index (χ1n) is 6.70. The highest BCUT2D eigenvalue weighted by Gasteiger charge is 2.11. The number of hydrogen-bond acceptors (Lipinski definition) is 3. The second-order valence-corrected chi connectivity index (χ2v) is 5.40. The van der Waals surface area contributed by atoms with E-state index in [4.69, 9.17) is 11.6 Å². The van der Waals surface area contributed by atoms with Crippen LogP contribution >= 0.6 is 11.6 Å². The van der Waals surface area contributed by atoms with Crippen LogP contribution in [0.25, 0.3) is 0 Å². The number of aryl methyl sites for hydroxylation is 1. The van der Waals surface area contributed by atoms with E-state index >= 15 is 0 Å². The number of nitrogens with one attached hydrogen (secondary N) is 1. The zero-order valence-electron chi connectivity index (χ0n) is 12.0. The highest BCUT2D eigenvalue weighted by molar-refractivity contribution is 6.31. The molecule has 110 valence electrons. The number of halogens is 1. The minimum absolute atomic E-state index is 0.00991. The number of hydrogen-bond donors (Lipinski definition) is 1. The van der Waals surface area contributed by atoms with Crippen LogP contribution in [0.3, 0.4) is 0 Å². The van der Waals surface area contributed by atoms with Crippen molar-refractivity contribution in [2.24, 2.45) is 0 Å². The summed E-state index contributed by atoms with van der Waals surface area (Å²) in [5.41, 5.74) is 3.32. The largest absolute Gasteiger partial charge is 0.306 e. The number of nitrogens with zero attached hydrogens (tertiary/aromatic N) is 1. The predicted molar refractivity (Wildman–Crippen MR) is 84.5 cm³/mol. The summed E-state index contributed by atoms with van der Waals surface area (Å²) in [6.07, 6.45) is 0. The van der Waals surface area contributed by atoms with Crippen LogP contribution in [0.2, 0.25) is 5.02 Å². The van der Waals surface area contributed by atoms with Crippen LogP contribution in [0, 0.1) is 17.0 Å². The average Bonchev–Trinajstić information content (AvgIpc) is 2.46. The third-order valence-corrected chi connectivity index (χ3v) is 3.85. The van der Waals surface area contributed by atoms with Crippen molar-refractivity contribution in [1.82, 2.24) is 5.32 Å². The summed E-state index contributed by atoms with van der Waals surface area (Å²) in [6.45, 7) is 4.72. The highest BCUT2D eigenvalue weighted by Crippen LogP contribution is 2.23. The lowest BCUT2D eigenvalue weighted by Gasteiger charge is -2.17. The van der Waals surface area contributed by atoms with Gasteiger partial charge in [-0.3, -0.25) is 10.1 Å². The van der Waals surface area contributed by atoms with Gasteiger partial charge in [-0.05, 0) is 36.6 Å². The summed E-state index contributed by atoms with van der Waals surface area (Å²) in [5.74, 6) is 0. The molecule has 5 heteroatoms. The van der Waals surface area contributed by atoms with E-state index in [1.54, 1.807) is 6.07 Å². The summed E-state index contributed by atoms with van der Waals surface area (Å²) >= 11 is 6.09. The minimum atomic E-state index is -0.445. The van der Waals surface area contributed by atoms with Crippen molar-refractivity contribution in [1.29, 1.82) is 0 Å². The van der Waals surface area contributed by atoms with Crippen molar-refractivity contribution in [3.63, 3.8) is 0 Å². The summed E-state index contributed by atoms with van der Waals surface area (Å²) in [4.78, 5) is 10.2. The van der Waals surface area contributed by atoms with Crippen LogP contribution in [-0.4, -0.2) is 4.92 Å². The molecule has 0 fully saturated rings. The van der Waals surface area contributed by atoms with Gasteiger partial charge in [0.25, 0.3) is 5.69 Å². The fourth-order valence-corrected chi connectivity index (χ4v) is 2.48. The lowest BCUT2D eigenvalue weighted by molar-refractivity contribution is -0.384. The Labute approximate surface area is 128 Å². The van der Waals surface area contributed by atoms with Gasteiger partial charge < -0.3 is 5.32 Å². The predicted octanol–water partition coefficient (Wildman–Crippen LogP) is 4.41. The Morgan fingerprint density at radius 1 is 1.29 bits per heavy atom. The molecular weight excluding hydrogens is 288 g/mol. The molecule has 0 saturated heterocycles. The van der Waals surface area contributed by atoms with E-state index in [2.05, 4.69) is 31.3 Å². The van der Waals surface area contributed by atoms with Crippen molar-refractivity contribution in [2.75, 3.05) is 0 Å². The van der Waals surface area contributed by atoms with Gasteiger partial charge in [-0.1, -0.05) is 35.9 Å². The maximum Gasteiger partial charge on any atom is 0.270 e. The molecule has 0 amide bonds. The van der Waals surface area contributed by atoms with Crippen molar-refractivity contribution in [2.45, 2.75) is 26.4 Å². The average molecular weight is 305 g/mol. The van der Waals surface area contributed by atoms with E-state index in [0.29, 0.717) is 11.6 Å². The molecule has 1 atom stereocenters. The Morgan fingerprint density at radius 3 is 2.62 bits per heavy atom. The number of non-ortho nitro benzene ring substituents is 1. The van der Waals surface area contributed by atoms with Gasteiger partial charge in [-0.2, -0.15) is 0 Å². The normalized spacial score (nSPS) is 12.1. The van der Waals surface area contributed by atoms with E-state index in [1.807, 2.05) is 12.1 Å². The van der Waals surface area contributed by atoms with Gasteiger partial charge in [-0.25, -0.2) is 0 Å². The van der Waals surface area contributed by atoms with E-state index in [-0.39, 0.29) is 11.7 Å². The number of benzene rings is 2. The van der Waals surface area contributed by atoms with Gasteiger partial charge in [0, 0.05) is 24.7 Å². The highest BCUT2D eigenvalue weighted by atomic mass is 35.5. The molecule has 4 nitrogen and oxygen atoms in total. The van der Waals surface area contributed by atoms with Gasteiger partial charge in [-0.15, -0.1) is 0 Å². The van der Waals surface area contributed by atoms with Gasteiger partial charge in [0.2, 0.25) is 0 Å². The molecule has 0 spiro atoms. The Morgan fingerprint density at radius 2 is 2.00 bits per heavy atom. The van der Waals surface area contributed by atoms with Crippen molar-refractivity contribution < 1.29 is 4.92 Å². The smallest absolute Gasteiger partial charge is 0.270 e. The Hall–Kier alpha value is -1.91. The first kappa shape index (κ1) is 15.5. The molecule has 0 aliphatic rings. The van der Waals surface area contributed by atoms with Crippen LogP contribution in [0.15, 0.2) is 42.5 Å². The van der Waals surface area contributed by atoms with E-state index in [9.17, 15) is 10.1 Å². The fourth-order valence-electron chi connectivity index (χ4n) is 2.24. The quantitative estimate of drug-likeness (QED) is 0.657. The molecule has 2 aromatic carbocycles. The molecule has 21 heavy (non-hydrogen) atoms. The summed E-state index contributed by atoms with van der Waals surface area (Å²) in [5, 5.41) is 14.5. The maximum atomic E-state index is 10.7. The van der Waals surface area contributed by atoms with Crippen LogP contribution in [0.5, 0.6) is 0 Å². The standard InChI is InChI=1S/C16H17ClN2O2/c1-11-5-3-4-6-15(11)12(2)18-10-13-7-8-14(19(20)21)9-16(13)17/h3-9,12,18H,10H2,1-2H3. The third-order valence-electron chi connectivity index (χ3n) is 3.50. The van der Waals surface area contributed by atoms with E-state index in [1.165, 1.54) is 23.3 Å². The molecule has 0 radical (unpaired) electrons. The molecule has 0 saturated carbocycles. The second kappa shape index (κ2) is 6.70. The topological polar surface area (TPSA) is 55.2 Å². The van der Waals surface area contributed by atoms with Crippen molar-refractivity contribution >= 4 is 17.3 Å². The zero-order valence-corrected chi connectivity index (χ0v) is 12.7. The van der Waals surface area contributed by atoms with Crippen LogP contribution in [0.1, 0.15) is 29.7 Å². The molecule has 1 unspecified atom stereocenters. The number of rotatable bonds is 5. The summed E-state index contributed by atoms with van der Waals surface area (Å²) in [7, 11) is 0. The molecule has 1 N–H and O–H groups in total. The van der Waals surface area contributed by atoms with Crippen LogP contribution in [-0.2, 0) is 6.54 Å². The Bertz CT molecular complexity index is 658. The first-order chi connectivity index (χ1) is 9.99. The molecule has 2 aromatic rings. The second-order valence-electron chi connectivity index (χ2n) is 4.99. The van der Waals surface area contributed by atoms with Crippen molar-refractivity contribution in [3.8, 4) is 0 Å². The monoisotopic (exact) mass is 304 g/mol. The fraction of sp³-hybridized carbons (Fsp3) is 0.250. The van der Waals surface area contributed by atoms with Crippen LogP contribution in [0.4, 0.5) is 5.69 Å². The SMILES string of the molecule is Cc1ccccc1C(C)NCc1ccc([N+](=O)[O-])cc1Cl. The summed E-state index contributed by atoms with van der Waals surface area (Å²) in [6, 6.07) is 12.9. The lowest BCUT2D eigenvalue weighted by atomic mass is 10.0. The van der Waals surface area contributed by atoms with Crippen molar-refractivity contribution in [3.05, 3.63) is 74.3 Å². The Kier molecular flexibility index (Phi) is 4.94. The zero-order chi connectivity index (χ0) is 15.4. The molecule has 0 aliphatic heterocycles. The molecule has 0 aliphatic carbocycles. The number of nitro groups is 1. The number of nitro benzene ring substituents is 1. The third kappa shape index (κ3) is 3.80. The maximum absolute atomic E-state index is 10.7. The lowest BCUT2D eigenvalue weighted by Crippen LogP contribution is -2.19. The molecule has 0 aromatic heterocycles. The van der Waals surface area contributed by atoms with Gasteiger partial charge in [0.05, 0.1) is 9.95 Å². The Balaban J connectivity index is 2.06. The summed E-state index contributed by atoms with van der Waals surface area (Å²) < 4.78 is 0. The van der Waals surface area contributed by atoms with E-state index < -0.39 is 4.92 Å². The molecule has 0 bridgehead atoms. The molecule has 2 rings (SSSR count). The molecule has 0 heterocycles. The van der Waals surface area contributed by atoms with Crippen LogP contribution < -0.4 is 5.32 Å².